The Balaban J connectivity index is 2.43. The molecule has 0 saturated carbocycles. The first-order chi connectivity index (χ1) is 8.47. The van der Waals surface area contributed by atoms with Gasteiger partial charge in [0, 0.05) is 11.1 Å². The molecular weight excluding hydrogens is 295 g/mol. The Bertz CT molecular complexity index is 579. The topological polar surface area (TPSA) is 35.0 Å². The van der Waals surface area contributed by atoms with Crippen LogP contribution in [0.1, 0.15) is 11.1 Å². The lowest BCUT2D eigenvalue weighted by Gasteiger charge is -2.12. The number of rotatable bonds is 2. The number of hydrogen-bond donors (Lipinski definition) is 0. The van der Waals surface area contributed by atoms with Crippen LogP contribution in [0.5, 0.6) is 11.5 Å². The number of halogens is 3. The molecule has 0 aliphatic heterocycles. The van der Waals surface area contributed by atoms with Gasteiger partial charge in [-0.05, 0) is 37.1 Å². The highest BCUT2D eigenvalue weighted by Crippen LogP contribution is 2.34. The lowest BCUT2D eigenvalue weighted by molar-refractivity contribution is 0.471. The Kier molecular flexibility index (Phi) is 3.95. The summed E-state index contributed by atoms with van der Waals surface area (Å²) in [4.78, 5) is 0. The Morgan fingerprint density at radius 2 is 1.56 bits per heavy atom. The van der Waals surface area contributed by atoms with Gasteiger partial charge in [0.1, 0.15) is 5.75 Å². The van der Waals surface area contributed by atoms with E-state index in [2.05, 4.69) is 10.2 Å². The van der Waals surface area contributed by atoms with Gasteiger partial charge in [-0.25, -0.2) is 0 Å². The molecular formula is C12H9Cl3N2O. The average molecular weight is 304 g/mol. The van der Waals surface area contributed by atoms with Gasteiger partial charge >= 0.3 is 0 Å². The highest BCUT2D eigenvalue weighted by Gasteiger charge is 2.11. The fraction of sp³-hybridized carbons (Fsp3) is 0.167. The largest absolute Gasteiger partial charge is 0.453 e. The number of aryl methyl sites for hydroxylation is 2. The van der Waals surface area contributed by atoms with Crippen molar-refractivity contribution < 1.29 is 4.74 Å². The molecule has 0 atom stereocenters. The van der Waals surface area contributed by atoms with Gasteiger partial charge in [-0.15, -0.1) is 10.2 Å². The van der Waals surface area contributed by atoms with Gasteiger partial charge < -0.3 is 4.74 Å². The van der Waals surface area contributed by atoms with Gasteiger partial charge in [0.25, 0.3) is 0 Å². The van der Waals surface area contributed by atoms with E-state index < -0.39 is 0 Å². The molecule has 2 aromatic rings. The SMILES string of the molecule is Cc1cc(Cl)cc(C)c1Oc1cc(Cl)nnc1Cl. The first kappa shape index (κ1) is 13.4. The van der Waals surface area contributed by atoms with Crippen molar-refractivity contribution in [3.05, 3.63) is 44.7 Å². The minimum atomic E-state index is 0.160. The van der Waals surface area contributed by atoms with Crippen LogP contribution in [0.2, 0.25) is 15.3 Å². The first-order valence-corrected chi connectivity index (χ1v) is 6.24. The highest BCUT2D eigenvalue weighted by molar-refractivity contribution is 6.32. The van der Waals surface area contributed by atoms with Crippen LogP contribution < -0.4 is 4.74 Å². The molecule has 0 radical (unpaired) electrons. The summed E-state index contributed by atoms with van der Waals surface area (Å²) < 4.78 is 5.73. The van der Waals surface area contributed by atoms with E-state index in [0.29, 0.717) is 16.5 Å². The van der Waals surface area contributed by atoms with Crippen LogP contribution in [0.15, 0.2) is 18.2 Å². The van der Waals surface area contributed by atoms with Crippen molar-refractivity contribution >= 4 is 34.8 Å². The molecule has 2 rings (SSSR count). The minimum absolute atomic E-state index is 0.160. The van der Waals surface area contributed by atoms with Crippen molar-refractivity contribution in [2.75, 3.05) is 0 Å². The molecule has 0 spiro atoms. The van der Waals surface area contributed by atoms with E-state index in [1.807, 2.05) is 26.0 Å². The molecule has 3 nitrogen and oxygen atoms in total. The van der Waals surface area contributed by atoms with Gasteiger partial charge in [-0.2, -0.15) is 0 Å². The summed E-state index contributed by atoms with van der Waals surface area (Å²) in [6.45, 7) is 3.80. The van der Waals surface area contributed by atoms with Gasteiger partial charge in [-0.3, -0.25) is 0 Å². The minimum Gasteiger partial charge on any atom is -0.453 e. The molecule has 0 aliphatic rings. The number of ether oxygens (including phenoxy) is 1. The fourth-order valence-electron chi connectivity index (χ4n) is 1.58. The van der Waals surface area contributed by atoms with E-state index in [1.54, 1.807) is 0 Å². The van der Waals surface area contributed by atoms with E-state index in [9.17, 15) is 0 Å². The van der Waals surface area contributed by atoms with Crippen LogP contribution in [-0.4, -0.2) is 10.2 Å². The van der Waals surface area contributed by atoms with Crippen molar-refractivity contribution in [3.8, 4) is 11.5 Å². The second kappa shape index (κ2) is 5.31. The van der Waals surface area contributed by atoms with Crippen LogP contribution in [-0.2, 0) is 0 Å². The third-order valence-corrected chi connectivity index (χ3v) is 2.99. The fourth-order valence-corrected chi connectivity index (χ4v) is 2.17. The maximum Gasteiger partial charge on any atom is 0.194 e. The van der Waals surface area contributed by atoms with Gasteiger partial charge in [0.15, 0.2) is 16.1 Å². The molecule has 18 heavy (non-hydrogen) atoms. The summed E-state index contributed by atoms with van der Waals surface area (Å²) in [6.07, 6.45) is 0. The van der Waals surface area contributed by atoms with Gasteiger partial charge in [0.2, 0.25) is 0 Å². The first-order valence-electron chi connectivity index (χ1n) is 5.10. The smallest absolute Gasteiger partial charge is 0.194 e. The molecule has 0 unspecified atom stereocenters. The zero-order valence-electron chi connectivity index (χ0n) is 9.67. The van der Waals surface area contributed by atoms with Gasteiger partial charge in [0.05, 0.1) is 0 Å². The van der Waals surface area contributed by atoms with E-state index in [4.69, 9.17) is 39.5 Å². The van der Waals surface area contributed by atoms with Gasteiger partial charge in [-0.1, -0.05) is 34.8 Å². The molecule has 6 heteroatoms. The van der Waals surface area contributed by atoms with Crippen LogP contribution in [0.4, 0.5) is 0 Å². The van der Waals surface area contributed by atoms with E-state index >= 15 is 0 Å². The molecule has 0 amide bonds. The maximum absolute atomic E-state index is 5.96. The maximum atomic E-state index is 5.96. The Hall–Kier alpha value is -1.03. The molecule has 0 fully saturated rings. The lowest BCUT2D eigenvalue weighted by Crippen LogP contribution is -1.94. The molecule has 0 bridgehead atoms. The van der Waals surface area contributed by atoms with Crippen LogP contribution in [0.3, 0.4) is 0 Å². The predicted molar refractivity (Wildman–Crippen MR) is 73.1 cm³/mol. The zero-order valence-corrected chi connectivity index (χ0v) is 11.9. The van der Waals surface area contributed by atoms with E-state index in [0.717, 1.165) is 11.1 Å². The number of hydrogen-bond acceptors (Lipinski definition) is 3. The zero-order chi connectivity index (χ0) is 13.3. The monoisotopic (exact) mass is 302 g/mol. The molecule has 1 aromatic heterocycles. The number of benzene rings is 1. The number of nitrogens with zero attached hydrogens (tertiary/aromatic N) is 2. The Morgan fingerprint density at radius 3 is 2.17 bits per heavy atom. The standard InChI is InChI=1S/C12H9Cl3N2O/c1-6-3-8(13)4-7(2)11(6)18-9-5-10(14)16-17-12(9)15/h3-5H,1-2H3. The molecule has 0 saturated heterocycles. The normalized spacial score (nSPS) is 10.5. The summed E-state index contributed by atoms with van der Waals surface area (Å²) in [5, 5.41) is 8.35. The molecule has 1 aromatic carbocycles. The number of aromatic nitrogens is 2. The lowest BCUT2D eigenvalue weighted by atomic mass is 10.1. The summed E-state index contributed by atoms with van der Waals surface area (Å²) in [5.41, 5.74) is 1.81. The Labute approximate surface area is 120 Å². The van der Waals surface area contributed by atoms with Crippen molar-refractivity contribution in [1.29, 1.82) is 0 Å². The van der Waals surface area contributed by atoms with Crippen LogP contribution >= 0.6 is 34.8 Å². The third-order valence-electron chi connectivity index (χ3n) is 2.32. The second-order valence-corrected chi connectivity index (χ2v) is 4.97. The third kappa shape index (κ3) is 2.86. The summed E-state index contributed by atoms with van der Waals surface area (Å²) >= 11 is 17.6. The van der Waals surface area contributed by atoms with Crippen LogP contribution in [0.25, 0.3) is 0 Å². The predicted octanol–water partition coefficient (Wildman–Crippen LogP) is 4.85. The molecule has 94 valence electrons. The molecule has 0 aliphatic carbocycles. The molecule has 0 N–H and O–H groups in total. The van der Waals surface area contributed by atoms with Crippen molar-refractivity contribution in [2.24, 2.45) is 0 Å². The molecule has 1 heterocycles. The highest BCUT2D eigenvalue weighted by atomic mass is 35.5. The van der Waals surface area contributed by atoms with Crippen molar-refractivity contribution in [1.82, 2.24) is 10.2 Å². The summed E-state index contributed by atoms with van der Waals surface area (Å²) in [5.74, 6) is 1.05. The second-order valence-electron chi connectivity index (χ2n) is 3.79. The van der Waals surface area contributed by atoms with Crippen molar-refractivity contribution in [2.45, 2.75) is 13.8 Å². The average Bonchev–Trinajstić information content (AvgIpc) is 2.28. The van der Waals surface area contributed by atoms with E-state index in [1.165, 1.54) is 6.07 Å². The Morgan fingerprint density at radius 1 is 0.944 bits per heavy atom. The van der Waals surface area contributed by atoms with E-state index in [-0.39, 0.29) is 10.3 Å². The summed E-state index contributed by atoms with van der Waals surface area (Å²) in [6, 6.07) is 5.15. The van der Waals surface area contributed by atoms with Crippen LogP contribution in [0, 0.1) is 13.8 Å². The van der Waals surface area contributed by atoms with Crippen molar-refractivity contribution in [3.63, 3.8) is 0 Å². The summed E-state index contributed by atoms with van der Waals surface area (Å²) in [7, 11) is 0. The quantitative estimate of drug-likeness (QED) is 0.795.